The minimum Gasteiger partial charge on any atom is -0.291 e. The monoisotopic (exact) mass is 309 g/mol. The fourth-order valence-corrected chi connectivity index (χ4v) is 3.27. The molecular formula is C14H19N3O3S. The maximum atomic E-state index is 11.8. The van der Waals surface area contributed by atoms with E-state index in [0.29, 0.717) is 0 Å². The highest BCUT2D eigenvalue weighted by Crippen LogP contribution is 2.35. The van der Waals surface area contributed by atoms with Gasteiger partial charge in [-0.25, -0.2) is 9.69 Å². The summed E-state index contributed by atoms with van der Waals surface area (Å²) >= 11 is 1.61. The van der Waals surface area contributed by atoms with Crippen LogP contribution in [0.1, 0.15) is 31.7 Å². The molecule has 0 aromatic carbocycles. The van der Waals surface area contributed by atoms with Crippen LogP contribution in [-0.4, -0.2) is 41.4 Å². The van der Waals surface area contributed by atoms with E-state index in [1.165, 1.54) is 7.05 Å². The summed E-state index contributed by atoms with van der Waals surface area (Å²) in [5.74, 6) is -1.57. The number of amides is 4. The van der Waals surface area contributed by atoms with Gasteiger partial charge < -0.3 is 0 Å². The molecule has 1 atom stereocenters. The number of likely N-dealkylation sites (N-methyl/N-ethyl adjacent to an activating group) is 1. The van der Waals surface area contributed by atoms with Crippen LogP contribution < -0.4 is 5.32 Å². The number of nitrogens with one attached hydrogen (secondary N) is 1. The summed E-state index contributed by atoms with van der Waals surface area (Å²) in [6.07, 6.45) is 0. The topological polar surface area (TPSA) is 69.7 Å². The van der Waals surface area contributed by atoms with Crippen LogP contribution in [0.5, 0.6) is 0 Å². The Kier molecular flexibility index (Phi) is 4.15. The normalized spacial score (nSPS) is 17.8. The van der Waals surface area contributed by atoms with Gasteiger partial charge >= 0.3 is 17.8 Å². The summed E-state index contributed by atoms with van der Waals surface area (Å²) in [6, 6.07) is 3.37. The quantitative estimate of drug-likeness (QED) is 0.680. The number of thiophene rings is 1. The Morgan fingerprint density at radius 2 is 1.90 bits per heavy atom. The Morgan fingerprint density at radius 3 is 2.33 bits per heavy atom. The molecule has 0 unspecified atom stereocenters. The lowest BCUT2D eigenvalue weighted by molar-refractivity contribution is -0.143. The van der Waals surface area contributed by atoms with Gasteiger partial charge in [0.2, 0.25) is 0 Å². The Labute approximate surface area is 127 Å². The Bertz CT molecular complexity index is 563. The number of urea groups is 1. The molecule has 1 fully saturated rings. The molecule has 0 saturated carbocycles. The molecule has 4 amide bonds. The van der Waals surface area contributed by atoms with Crippen LogP contribution in [-0.2, 0) is 9.59 Å². The van der Waals surface area contributed by atoms with Crippen LogP contribution >= 0.6 is 11.3 Å². The fourth-order valence-electron chi connectivity index (χ4n) is 2.22. The maximum absolute atomic E-state index is 11.8. The minimum atomic E-state index is -0.787. The average Bonchev–Trinajstić information content (AvgIpc) is 2.97. The van der Waals surface area contributed by atoms with Crippen molar-refractivity contribution >= 4 is 29.2 Å². The first kappa shape index (κ1) is 15.7. The third-order valence-electron chi connectivity index (χ3n) is 3.40. The van der Waals surface area contributed by atoms with Gasteiger partial charge in [0.05, 0.1) is 6.67 Å². The smallest absolute Gasteiger partial charge is 0.291 e. The van der Waals surface area contributed by atoms with Gasteiger partial charge in [-0.3, -0.25) is 19.8 Å². The SMILES string of the molecule is CN1C(=O)C(=O)N(CN[C@@H](c2cccs2)C(C)(C)C)C1=O. The van der Waals surface area contributed by atoms with Crippen LogP contribution in [0.15, 0.2) is 17.5 Å². The van der Waals surface area contributed by atoms with Crippen LogP contribution in [0, 0.1) is 5.41 Å². The predicted octanol–water partition coefficient (Wildman–Crippen LogP) is 1.80. The van der Waals surface area contributed by atoms with Gasteiger partial charge in [0.25, 0.3) is 0 Å². The van der Waals surface area contributed by atoms with Crippen LogP contribution in [0.25, 0.3) is 0 Å². The van der Waals surface area contributed by atoms with Crippen molar-refractivity contribution in [1.82, 2.24) is 15.1 Å². The molecule has 0 aliphatic carbocycles. The van der Waals surface area contributed by atoms with E-state index in [-0.39, 0.29) is 18.1 Å². The zero-order chi connectivity index (χ0) is 15.8. The summed E-state index contributed by atoms with van der Waals surface area (Å²) < 4.78 is 0. The van der Waals surface area contributed by atoms with Gasteiger partial charge in [0, 0.05) is 18.0 Å². The first-order chi connectivity index (χ1) is 9.73. The van der Waals surface area contributed by atoms with Crippen molar-refractivity contribution in [1.29, 1.82) is 0 Å². The first-order valence-corrected chi connectivity index (χ1v) is 7.51. The predicted molar refractivity (Wildman–Crippen MR) is 79.5 cm³/mol. The van der Waals surface area contributed by atoms with Crippen molar-refractivity contribution in [3.63, 3.8) is 0 Å². The van der Waals surface area contributed by atoms with Crippen molar-refractivity contribution in [2.45, 2.75) is 26.8 Å². The number of carbonyl (C=O) groups is 3. The van der Waals surface area contributed by atoms with Crippen LogP contribution in [0.2, 0.25) is 0 Å². The molecule has 6 nitrogen and oxygen atoms in total. The summed E-state index contributed by atoms with van der Waals surface area (Å²) in [5.41, 5.74) is -0.0907. The van der Waals surface area contributed by atoms with Crippen molar-refractivity contribution < 1.29 is 14.4 Å². The van der Waals surface area contributed by atoms with Gasteiger partial charge in [-0.15, -0.1) is 11.3 Å². The standard InChI is InChI=1S/C14H19N3O3S/c1-14(2,3)10(9-6-5-7-21-9)15-8-17-12(19)11(18)16(4)13(17)20/h5-7,10,15H,8H2,1-4H3/t10-/m0/s1. The number of hydrogen-bond donors (Lipinski definition) is 1. The van der Waals surface area contributed by atoms with Gasteiger partial charge in [-0.05, 0) is 16.9 Å². The second-order valence-corrected chi connectivity index (χ2v) is 7.04. The van der Waals surface area contributed by atoms with Gasteiger partial charge in [-0.2, -0.15) is 0 Å². The number of rotatable bonds is 4. The van der Waals surface area contributed by atoms with Gasteiger partial charge in [0.1, 0.15) is 0 Å². The molecule has 2 rings (SSSR count). The summed E-state index contributed by atoms with van der Waals surface area (Å²) in [7, 11) is 1.31. The fraction of sp³-hybridized carbons (Fsp3) is 0.500. The Hall–Kier alpha value is -1.73. The minimum absolute atomic E-state index is 0.0147. The van der Waals surface area contributed by atoms with E-state index < -0.39 is 17.8 Å². The second-order valence-electron chi connectivity index (χ2n) is 6.06. The van der Waals surface area contributed by atoms with E-state index in [4.69, 9.17) is 0 Å². The Balaban J connectivity index is 2.12. The van der Waals surface area contributed by atoms with Gasteiger partial charge in [0.15, 0.2) is 0 Å². The molecule has 1 aliphatic heterocycles. The average molecular weight is 309 g/mol. The molecule has 1 saturated heterocycles. The van der Waals surface area contributed by atoms with E-state index in [1.807, 2.05) is 17.5 Å². The van der Waals surface area contributed by atoms with E-state index in [1.54, 1.807) is 11.3 Å². The van der Waals surface area contributed by atoms with E-state index in [2.05, 4.69) is 26.1 Å². The zero-order valence-corrected chi connectivity index (χ0v) is 13.4. The van der Waals surface area contributed by atoms with Crippen molar-refractivity contribution in [3.8, 4) is 0 Å². The molecule has 7 heteroatoms. The second kappa shape index (κ2) is 5.57. The highest BCUT2D eigenvalue weighted by atomic mass is 32.1. The molecule has 1 aromatic rings. The molecule has 0 radical (unpaired) electrons. The third-order valence-corrected chi connectivity index (χ3v) is 4.33. The first-order valence-electron chi connectivity index (χ1n) is 6.63. The van der Waals surface area contributed by atoms with E-state index in [0.717, 1.165) is 14.7 Å². The number of nitrogens with zero attached hydrogens (tertiary/aromatic N) is 2. The summed E-state index contributed by atoms with van der Waals surface area (Å²) in [5, 5.41) is 5.21. The van der Waals surface area contributed by atoms with E-state index in [9.17, 15) is 14.4 Å². The molecule has 114 valence electrons. The molecule has 0 spiro atoms. The van der Waals surface area contributed by atoms with Crippen molar-refractivity contribution in [2.24, 2.45) is 5.41 Å². The van der Waals surface area contributed by atoms with Crippen molar-refractivity contribution in [2.75, 3.05) is 13.7 Å². The zero-order valence-electron chi connectivity index (χ0n) is 12.5. The number of imide groups is 2. The molecule has 1 N–H and O–H groups in total. The Morgan fingerprint density at radius 1 is 1.24 bits per heavy atom. The lowest BCUT2D eigenvalue weighted by Crippen LogP contribution is -2.43. The third kappa shape index (κ3) is 2.98. The highest BCUT2D eigenvalue weighted by Gasteiger charge is 2.42. The summed E-state index contributed by atoms with van der Waals surface area (Å²) in [6.45, 7) is 6.26. The molecule has 2 heterocycles. The molecular weight excluding hydrogens is 290 g/mol. The molecule has 0 bridgehead atoms. The van der Waals surface area contributed by atoms with Crippen LogP contribution in [0.4, 0.5) is 4.79 Å². The molecule has 21 heavy (non-hydrogen) atoms. The lowest BCUT2D eigenvalue weighted by atomic mass is 9.86. The number of carbonyl (C=O) groups excluding carboxylic acids is 3. The lowest BCUT2D eigenvalue weighted by Gasteiger charge is -2.32. The number of hydrogen-bond acceptors (Lipinski definition) is 5. The molecule has 1 aromatic heterocycles. The molecule has 1 aliphatic rings. The van der Waals surface area contributed by atoms with Crippen molar-refractivity contribution in [3.05, 3.63) is 22.4 Å². The largest absolute Gasteiger partial charge is 0.335 e. The van der Waals surface area contributed by atoms with E-state index >= 15 is 0 Å². The van der Waals surface area contributed by atoms with Crippen LogP contribution in [0.3, 0.4) is 0 Å². The van der Waals surface area contributed by atoms with Gasteiger partial charge in [-0.1, -0.05) is 26.8 Å². The summed E-state index contributed by atoms with van der Waals surface area (Å²) in [4.78, 5) is 38.0. The maximum Gasteiger partial charge on any atom is 0.335 e. The highest BCUT2D eigenvalue weighted by molar-refractivity contribution is 7.10.